The molecule has 0 radical (unpaired) electrons. The predicted molar refractivity (Wildman–Crippen MR) is 124 cm³/mol. The Balaban J connectivity index is 1.96. The fourth-order valence-electron chi connectivity index (χ4n) is 3.78. The Morgan fingerprint density at radius 1 is 1.19 bits per heavy atom. The smallest absolute Gasteiger partial charge is 0.286 e. The normalized spacial score (nSPS) is 15.7. The predicted octanol–water partition coefficient (Wildman–Crippen LogP) is 3.03. The third-order valence-electron chi connectivity index (χ3n) is 5.47. The van der Waals surface area contributed by atoms with Crippen LogP contribution in [0.5, 0.6) is 5.75 Å². The summed E-state index contributed by atoms with van der Waals surface area (Å²) in [6.07, 6.45) is 3.25. The summed E-state index contributed by atoms with van der Waals surface area (Å²) in [5.74, 6) is -0.395. The minimum Gasteiger partial charge on any atom is -0.506 e. The Bertz CT molecular complexity index is 1380. The molecule has 0 saturated carbocycles. The highest BCUT2D eigenvalue weighted by molar-refractivity contribution is 7.90. The van der Waals surface area contributed by atoms with E-state index in [9.17, 15) is 18.3 Å². The fourth-order valence-corrected chi connectivity index (χ4v) is 4.91. The minimum absolute atomic E-state index is 0.00645. The number of hydrogen-bond donors (Lipinski definition) is 3. The van der Waals surface area contributed by atoms with E-state index in [1.165, 1.54) is 16.9 Å². The molecule has 32 heavy (non-hydrogen) atoms. The number of anilines is 1. The Morgan fingerprint density at radius 3 is 2.66 bits per heavy atom. The molecule has 1 atom stereocenters. The van der Waals surface area contributed by atoms with E-state index in [1.54, 1.807) is 30.3 Å². The minimum atomic E-state index is -4.05. The van der Waals surface area contributed by atoms with Crippen molar-refractivity contribution in [3.05, 3.63) is 58.5 Å². The van der Waals surface area contributed by atoms with Crippen LogP contribution < -0.4 is 16.3 Å². The molecule has 3 aromatic rings. The number of amidine groups is 1. The first-order chi connectivity index (χ1) is 15.2. The van der Waals surface area contributed by atoms with Crippen molar-refractivity contribution < 1.29 is 13.5 Å². The van der Waals surface area contributed by atoms with E-state index in [0.717, 1.165) is 12.8 Å². The molecule has 1 aromatic carbocycles. The van der Waals surface area contributed by atoms with Crippen molar-refractivity contribution in [2.75, 3.05) is 10.7 Å². The van der Waals surface area contributed by atoms with Crippen LogP contribution in [-0.4, -0.2) is 35.1 Å². The summed E-state index contributed by atoms with van der Waals surface area (Å²) in [7, 11) is -4.05. The quantitative estimate of drug-likeness (QED) is 0.522. The number of pyridine rings is 2. The van der Waals surface area contributed by atoms with Gasteiger partial charge in [0.15, 0.2) is 11.5 Å². The lowest BCUT2D eigenvalue weighted by Crippen LogP contribution is -2.42. The molecular formula is C22H25N5O4S. The summed E-state index contributed by atoms with van der Waals surface area (Å²) in [5, 5.41) is 14.2. The number of benzene rings is 1. The van der Waals surface area contributed by atoms with Crippen LogP contribution in [0.15, 0.2) is 56.7 Å². The van der Waals surface area contributed by atoms with Gasteiger partial charge in [0.2, 0.25) is 0 Å². The van der Waals surface area contributed by atoms with Gasteiger partial charge < -0.3 is 15.8 Å². The van der Waals surface area contributed by atoms with Crippen molar-refractivity contribution in [1.82, 2.24) is 9.66 Å². The molecule has 0 aliphatic carbocycles. The fraction of sp³-hybridized carbons (Fsp3) is 0.318. The molecule has 1 aliphatic rings. The number of para-hydroxylation sites is 1. The van der Waals surface area contributed by atoms with Crippen molar-refractivity contribution in [1.29, 1.82) is 0 Å². The van der Waals surface area contributed by atoms with E-state index in [0.29, 0.717) is 5.39 Å². The zero-order chi connectivity index (χ0) is 23.0. The van der Waals surface area contributed by atoms with E-state index in [-0.39, 0.29) is 45.3 Å². The van der Waals surface area contributed by atoms with Gasteiger partial charge in [0.25, 0.3) is 15.6 Å². The van der Waals surface area contributed by atoms with Gasteiger partial charge in [-0.25, -0.2) is 9.66 Å². The molecule has 0 bridgehead atoms. The van der Waals surface area contributed by atoms with E-state index < -0.39 is 15.6 Å². The zero-order valence-corrected chi connectivity index (χ0v) is 18.8. The third kappa shape index (κ3) is 3.70. The number of hydrogen-bond acceptors (Lipinski definition) is 7. The lowest BCUT2D eigenvalue weighted by atomic mass is 10.0. The van der Waals surface area contributed by atoms with E-state index in [4.69, 9.17) is 0 Å². The second-order valence-corrected chi connectivity index (χ2v) is 9.62. The van der Waals surface area contributed by atoms with Gasteiger partial charge in [0.05, 0.1) is 11.1 Å². The SMILES string of the molecule is CCCC(Nn1c(=O)c(C2=NS(=O)(=O)c3ccccc3N2)c(O)c2cccnc21)C(C)C. The van der Waals surface area contributed by atoms with Gasteiger partial charge in [0, 0.05) is 12.2 Å². The average Bonchev–Trinajstić information content (AvgIpc) is 2.75. The highest BCUT2D eigenvalue weighted by atomic mass is 32.2. The molecule has 4 rings (SSSR count). The Morgan fingerprint density at radius 2 is 1.94 bits per heavy atom. The molecule has 168 valence electrons. The van der Waals surface area contributed by atoms with Crippen molar-refractivity contribution in [3.63, 3.8) is 0 Å². The lowest BCUT2D eigenvalue weighted by molar-refractivity contribution is 0.451. The van der Waals surface area contributed by atoms with Crippen LogP contribution >= 0.6 is 0 Å². The molecule has 0 amide bonds. The molecule has 10 heteroatoms. The molecule has 0 saturated heterocycles. The highest BCUT2D eigenvalue weighted by Gasteiger charge is 2.30. The number of nitrogens with zero attached hydrogens (tertiary/aromatic N) is 3. The second-order valence-electron chi connectivity index (χ2n) is 8.04. The third-order valence-corrected chi connectivity index (χ3v) is 6.81. The van der Waals surface area contributed by atoms with Gasteiger partial charge in [0.1, 0.15) is 16.2 Å². The van der Waals surface area contributed by atoms with E-state index in [2.05, 4.69) is 27.0 Å². The molecule has 2 aromatic heterocycles. The molecular weight excluding hydrogens is 430 g/mol. The van der Waals surface area contributed by atoms with Gasteiger partial charge in [-0.15, -0.1) is 4.40 Å². The number of aromatic nitrogens is 2. The van der Waals surface area contributed by atoms with Crippen LogP contribution in [0.3, 0.4) is 0 Å². The maximum absolute atomic E-state index is 13.6. The lowest BCUT2D eigenvalue weighted by Gasteiger charge is -2.26. The molecule has 0 spiro atoms. The first kappa shape index (κ1) is 21.8. The van der Waals surface area contributed by atoms with Crippen molar-refractivity contribution in [2.45, 2.75) is 44.6 Å². The van der Waals surface area contributed by atoms with E-state index >= 15 is 0 Å². The number of fused-ring (bicyclic) bond motifs is 2. The Hall–Kier alpha value is -3.40. The van der Waals surface area contributed by atoms with Crippen LogP contribution in [0.4, 0.5) is 5.69 Å². The standard InChI is InChI=1S/C22H25N5O4S/c1-4-8-15(13(2)3)25-27-21-14(9-7-12-23-21)19(28)18(22(27)29)20-24-16-10-5-6-11-17(16)32(30,31)26-20/h5-7,9-13,15,25,28H,4,8H2,1-3H3,(H,24,26). The number of nitrogens with one attached hydrogen (secondary N) is 2. The van der Waals surface area contributed by atoms with Crippen LogP contribution in [-0.2, 0) is 10.0 Å². The monoisotopic (exact) mass is 455 g/mol. The summed E-state index contributed by atoms with van der Waals surface area (Å²) < 4.78 is 30.6. The van der Waals surface area contributed by atoms with Gasteiger partial charge in [-0.3, -0.25) is 4.79 Å². The van der Waals surface area contributed by atoms with Crippen molar-refractivity contribution in [3.8, 4) is 5.75 Å². The van der Waals surface area contributed by atoms with Gasteiger partial charge in [-0.1, -0.05) is 39.3 Å². The van der Waals surface area contributed by atoms with Gasteiger partial charge in [-0.2, -0.15) is 8.42 Å². The largest absolute Gasteiger partial charge is 0.506 e. The van der Waals surface area contributed by atoms with Crippen molar-refractivity contribution in [2.24, 2.45) is 10.3 Å². The summed E-state index contributed by atoms with van der Waals surface area (Å²) in [6.45, 7) is 6.15. The Kier molecular flexibility index (Phi) is 5.64. The summed E-state index contributed by atoms with van der Waals surface area (Å²) in [4.78, 5) is 17.9. The van der Waals surface area contributed by atoms with Gasteiger partial charge >= 0.3 is 0 Å². The molecule has 9 nitrogen and oxygen atoms in total. The van der Waals surface area contributed by atoms with Gasteiger partial charge in [-0.05, 0) is 36.6 Å². The van der Waals surface area contributed by atoms with Crippen LogP contribution in [0.25, 0.3) is 11.0 Å². The maximum atomic E-state index is 13.6. The van der Waals surface area contributed by atoms with Crippen LogP contribution in [0.2, 0.25) is 0 Å². The number of rotatable bonds is 6. The average molecular weight is 456 g/mol. The first-order valence-corrected chi connectivity index (χ1v) is 11.9. The molecule has 0 fully saturated rings. The Labute approximate surface area is 185 Å². The zero-order valence-electron chi connectivity index (χ0n) is 18.0. The van der Waals surface area contributed by atoms with Crippen LogP contribution in [0, 0.1) is 5.92 Å². The molecule has 3 N–H and O–H groups in total. The maximum Gasteiger partial charge on any atom is 0.286 e. The topological polar surface area (TPSA) is 126 Å². The summed E-state index contributed by atoms with van der Waals surface area (Å²) in [5.41, 5.74) is 2.89. The summed E-state index contributed by atoms with van der Waals surface area (Å²) >= 11 is 0. The second kappa shape index (κ2) is 8.27. The number of sulfonamides is 1. The van der Waals surface area contributed by atoms with Crippen molar-refractivity contribution >= 4 is 32.6 Å². The molecule has 1 unspecified atom stereocenters. The highest BCUT2D eigenvalue weighted by Crippen LogP contribution is 2.31. The summed E-state index contributed by atoms with van der Waals surface area (Å²) in [6, 6.07) is 9.49. The number of aromatic hydroxyl groups is 1. The molecule has 1 aliphatic heterocycles. The van der Waals surface area contributed by atoms with E-state index in [1.807, 2.05) is 13.8 Å². The molecule has 3 heterocycles. The van der Waals surface area contributed by atoms with Crippen LogP contribution in [0.1, 0.15) is 39.2 Å². The first-order valence-electron chi connectivity index (χ1n) is 10.4.